The summed E-state index contributed by atoms with van der Waals surface area (Å²) in [6, 6.07) is 9.26. The SMILES string of the molecule is Nc1cccc(CCN2CCC[C@H]3CCCC[C@H]32)c1. The van der Waals surface area contributed by atoms with Gasteiger partial charge in [0.2, 0.25) is 0 Å². The van der Waals surface area contributed by atoms with Crippen LogP contribution in [0.15, 0.2) is 24.3 Å². The minimum Gasteiger partial charge on any atom is -0.399 e. The van der Waals surface area contributed by atoms with Crippen LogP contribution in [-0.2, 0) is 6.42 Å². The molecule has 104 valence electrons. The summed E-state index contributed by atoms with van der Waals surface area (Å²) >= 11 is 0. The summed E-state index contributed by atoms with van der Waals surface area (Å²) in [5, 5.41) is 0. The van der Waals surface area contributed by atoms with E-state index in [1.165, 1.54) is 57.2 Å². The van der Waals surface area contributed by atoms with Gasteiger partial charge >= 0.3 is 0 Å². The third kappa shape index (κ3) is 3.11. The van der Waals surface area contributed by atoms with Crippen LogP contribution < -0.4 is 5.73 Å². The molecule has 1 aromatic carbocycles. The number of rotatable bonds is 3. The molecule has 0 amide bonds. The molecule has 1 saturated heterocycles. The number of hydrogen-bond acceptors (Lipinski definition) is 2. The van der Waals surface area contributed by atoms with Gasteiger partial charge in [-0.3, -0.25) is 4.90 Å². The Kier molecular flexibility index (Phi) is 4.07. The number of benzene rings is 1. The molecule has 1 aliphatic heterocycles. The van der Waals surface area contributed by atoms with E-state index in [0.717, 1.165) is 24.1 Å². The molecule has 0 bridgehead atoms. The van der Waals surface area contributed by atoms with E-state index in [9.17, 15) is 0 Å². The fourth-order valence-electron chi connectivity index (χ4n) is 4.03. The van der Waals surface area contributed by atoms with E-state index in [1.54, 1.807) is 0 Å². The molecule has 1 saturated carbocycles. The number of piperidine rings is 1. The van der Waals surface area contributed by atoms with E-state index < -0.39 is 0 Å². The van der Waals surface area contributed by atoms with Crippen molar-refractivity contribution in [2.45, 2.75) is 51.0 Å². The Hall–Kier alpha value is -1.02. The van der Waals surface area contributed by atoms with Crippen LogP contribution in [0, 0.1) is 5.92 Å². The van der Waals surface area contributed by atoms with Gasteiger partial charge in [0, 0.05) is 18.3 Å². The van der Waals surface area contributed by atoms with Crippen molar-refractivity contribution in [3.8, 4) is 0 Å². The van der Waals surface area contributed by atoms with Crippen molar-refractivity contribution in [3.05, 3.63) is 29.8 Å². The van der Waals surface area contributed by atoms with Gasteiger partial charge in [0.25, 0.3) is 0 Å². The number of nitrogens with two attached hydrogens (primary N) is 1. The van der Waals surface area contributed by atoms with Gasteiger partial charge in [0.05, 0.1) is 0 Å². The van der Waals surface area contributed by atoms with E-state index in [2.05, 4.69) is 23.1 Å². The van der Waals surface area contributed by atoms with Gasteiger partial charge in [-0.2, -0.15) is 0 Å². The molecule has 19 heavy (non-hydrogen) atoms. The van der Waals surface area contributed by atoms with Crippen LogP contribution >= 0.6 is 0 Å². The van der Waals surface area contributed by atoms with Gasteiger partial charge in [-0.25, -0.2) is 0 Å². The molecule has 2 nitrogen and oxygen atoms in total. The molecule has 1 aromatic rings. The number of nitrogen functional groups attached to an aromatic ring is 1. The summed E-state index contributed by atoms with van der Waals surface area (Å²) in [4.78, 5) is 2.76. The van der Waals surface area contributed by atoms with Crippen molar-refractivity contribution >= 4 is 5.69 Å². The maximum absolute atomic E-state index is 5.86. The standard InChI is InChI=1S/C17H26N2/c18-16-8-3-5-14(13-16)10-12-19-11-4-7-15-6-1-2-9-17(15)19/h3,5,8,13,15,17H,1-2,4,6-7,9-12,18H2/t15-,17-/m1/s1. The molecular formula is C17H26N2. The van der Waals surface area contributed by atoms with Crippen LogP contribution in [0.4, 0.5) is 5.69 Å². The van der Waals surface area contributed by atoms with Crippen LogP contribution in [0.3, 0.4) is 0 Å². The van der Waals surface area contributed by atoms with E-state index in [4.69, 9.17) is 5.73 Å². The quantitative estimate of drug-likeness (QED) is 0.841. The van der Waals surface area contributed by atoms with Crippen molar-refractivity contribution in [2.75, 3.05) is 18.8 Å². The highest BCUT2D eigenvalue weighted by Crippen LogP contribution is 2.35. The second-order valence-corrected chi connectivity index (χ2v) is 6.29. The van der Waals surface area contributed by atoms with E-state index >= 15 is 0 Å². The zero-order valence-electron chi connectivity index (χ0n) is 11.9. The Morgan fingerprint density at radius 2 is 1.95 bits per heavy atom. The van der Waals surface area contributed by atoms with Crippen LogP contribution in [0.25, 0.3) is 0 Å². The van der Waals surface area contributed by atoms with Gasteiger partial charge < -0.3 is 5.73 Å². The first kappa shape index (κ1) is 13.0. The van der Waals surface area contributed by atoms with Crippen molar-refractivity contribution in [1.82, 2.24) is 4.90 Å². The number of anilines is 1. The second kappa shape index (κ2) is 5.96. The summed E-state index contributed by atoms with van der Waals surface area (Å²) < 4.78 is 0. The highest BCUT2D eigenvalue weighted by Gasteiger charge is 2.32. The molecule has 3 rings (SSSR count). The monoisotopic (exact) mass is 258 g/mol. The molecule has 0 unspecified atom stereocenters. The first-order valence-electron chi connectivity index (χ1n) is 7.91. The van der Waals surface area contributed by atoms with Crippen molar-refractivity contribution in [2.24, 2.45) is 5.92 Å². The number of likely N-dealkylation sites (tertiary alicyclic amines) is 1. The molecular weight excluding hydrogens is 232 g/mol. The number of nitrogens with zero attached hydrogens (tertiary/aromatic N) is 1. The first-order chi connectivity index (χ1) is 9.33. The van der Waals surface area contributed by atoms with Gasteiger partial charge in [0.15, 0.2) is 0 Å². The average molecular weight is 258 g/mol. The third-order valence-corrected chi connectivity index (χ3v) is 5.00. The maximum atomic E-state index is 5.86. The Bertz CT molecular complexity index is 413. The van der Waals surface area contributed by atoms with Gasteiger partial charge in [-0.1, -0.05) is 25.0 Å². The van der Waals surface area contributed by atoms with Gasteiger partial charge in [0.1, 0.15) is 0 Å². The summed E-state index contributed by atoms with van der Waals surface area (Å²) in [7, 11) is 0. The first-order valence-corrected chi connectivity index (χ1v) is 7.91. The summed E-state index contributed by atoms with van der Waals surface area (Å²) in [6.45, 7) is 2.52. The Balaban J connectivity index is 1.59. The van der Waals surface area contributed by atoms with Crippen molar-refractivity contribution in [3.63, 3.8) is 0 Å². The summed E-state index contributed by atoms with van der Waals surface area (Å²) in [6.07, 6.45) is 9.83. The smallest absolute Gasteiger partial charge is 0.0316 e. The third-order valence-electron chi connectivity index (χ3n) is 5.00. The molecule has 1 heterocycles. The molecule has 2 fully saturated rings. The van der Waals surface area contributed by atoms with E-state index in [0.29, 0.717) is 0 Å². The van der Waals surface area contributed by atoms with Crippen LogP contribution in [0.1, 0.15) is 44.1 Å². The normalized spacial score (nSPS) is 28.0. The molecule has 2 N–H and O–H groups in total. The van der Waals surface area contributed by atoms with Crippen LogP contribution in [0.5, 0.6) is 0 Å². The molecule has 0 aromatic heterocycles. The van der Waals surface area contributed by atoms with E-state index in [1.807, 2.05) is 6.07 Å². The lowest BCUT2D eigenvalue weighted by Crippen LogP contribution is -2.47. The lowest BCUT2D eigenvalue weighted by molar-refractivity contribution is 0.0620. The largest absolute Gasteiger partial charge is 0.399 e. The molecule has 0 spiro atoms. The molecule has 2 heteroatoms. The lowest BCUT2D eigenvalue weighted by atomic mass is 9.78. The minimum atomic E-state index is 0.878. The number of hydrogen-bond donors (Lipinski definition) is 1. The maximum Gasteiger partial charge on any atom is 0.0316 e. The Morgan fingerprint density at radius 3 is 2.84 bits per heavy atom. The minimum absolute atomic E-state index is 0.878. The highest BCUT2D eigenvalue weighted by molar-refractivity contribution is 5.40. The summed E-state index contributed by atoms with van der Waals surface area (Å²) in [5.41, 5.74) is 8.14. The van der Waals surface area contributed by atoms with Crippen molar-refractivity contribution < 1.29 is 0 Å². The van der Waals surface area contributed by atoms with Crippen molar-refractivity contribution in [1.29, 1.82) is 0 Å². The van der Waals surface area contributed by atoms with Crippen LogP contribution in [0.2, 0.25) is 0 Å². The van der Waals surface area contributed by atoms with E-state index in [-0.39, 0.29) is 0 Å². The van der Waals surface area contributed by atoms with Gasteiger partial charge in [-0.15, -0.1) is 0 Å². The average Bonchev–Trinajstić information content (AvgIpc) is 2.45. The molecule has 0 radical (unpaired) electrons. The zero-order valence-corrected chi connectivity index (χ0v) is 11.9. The fourth-order valence-corrected chi connectivity index (χ4v) is 4.03. The Labute approximate surface area is 117 Å². The lowest BCUT2D eigenvalue weighted by Gasteiger charge is -2.44. The Morgan fingerprint density at radius 1 is 1.11 bits per heavy atom. The summed E-state index contributed by atoms with van der Waals surface area (Å²) in [5.74, 6) is 0.989. The zero-order chi connectivity index (χ0) is 13.1. The predicted molar refractivity (Wildman–Crippen MR) is 81.1 cm³/mol. The highest BCUT2D eigenvalue weighted by atomic mass is 15.2. The second-order valence-electron chi connectivity index (χ2n) is 6.29. The number of fused-ring (bicyclic) bond motifs is 1. The van der Waals surface area contributed by atoms with Crippen LogP contribution in [-0.4, -0.2) is 24.0 Å². The molecule has 2 atom stereocenters. The predicted octanol–water partition coefficient (Wildman–Crippen LogP) is 3.47. The van der Waals surface area contributed by atoms with Gasteiger partial charge in [-0.05, 0) is 62.3 Å². The topological polar surface area (TPSA) is 29.3 Å². The molecule has 1 aliphatic carbocycles. The molecule has 2 aliphatic rings. The fraction of sp³-hybridized carbons (Fsp3) is 0.647.